The standard InChI is InChI=1S/C41H49.C9H18.C5H5.Zr/c1-38(2,3)30-17-13-26(14-18-30)34-22-28-21-29-23-35(27-15-19-31(20-16-27)39(4,5)6)37(41(10,11)12)25-33(29)32(28)24-36(34)40(7,8)9;1-3-5-7-9-8-6-4-2;1-2-4-5-3-1;/h13-20,22,24-25H,21H2,1-12H3;3-8H2,1-2H3;1-3H,4H2;/q-1;;-1;+2. The molecule has 0 amide bonds. The third-order valence-electron chi connectivity index (χ3n) is 11.0. The number of hydrogen-bond donors (Lipinski definition) is 0. The second-order valence-electron chi connectivity index (χ2n) is 20.2. The Kier molecular flexibility index (Phi) is 15.7. The van der Waals surface area contributed by atoms with E-state index in [-0.39, 0.29) is 21.7 Å². The summed E-state index contributed by atoms with van der Waals surface area (Å²) in [5, 5.41) is 0. The molecule has 1 heteroatoms. The van der Waals surface area contributed by atoms with Crippen LogP contribution in [0.2, 0.25) is 0 Å². The molecule has 0 fully saturated rings. The molecule has 0 atom stereocenters. The summed E-state index contributed by atoms with van der Waals surface area (Å²) in [7, 11) is 0. The Bertz CT molecular complexity index is 1820. The average Bonchev–Trinajstić information content (AvgIpc) is 3.83. The van der Waals surface area contributed by atoms with Crippen LogP contribution in [0.15, 0.2) is 85.0 Å². The van der Waals surface area contributed by atoms with E-state index in [0.717, 1.165) is 12.8 Å². The Labute approximate surface area is 359 Å². The van der Waals surface area contributed by atoms with Gasteiger partial charge in [0.15, 0.2) is 0 Å². The first-order valence-corrected chi connectivity index (χ1v) is 22.6. The van der Waals surface area contributed by atoms with Crippen LogP contribution in [-0.4, -0.2) is 3.21 Å². The summed E-state index contributed by atoms with van der Waals surface area (Å²) in [6, 6.07) is 29.9. The molecule has 4 aromatic carbocycles. The Balaban J connectivity index is 0.000000389. The van der Waals surface area contributed by atoms with Crippen molar-refractivity contribution in [2.24, 2.45) is 0 Å². The summed E-state index contributed by atoms with van der Waals surface area (Å²) < 4.78 is 1.79. The van der Waals surface area contributed by atoms with Crippen molar-refractivity contribution in [3.05, 3.63) is 130 Å². The van der Waals surface area contributed by atoms with Gasteiger partial charge in [-0.3, -0.25) is 6.08 Å². The van der Waals surface area contributed by atoms with Crippen LogP contribution in [-0.2, 0) is 52.3 Å². The van der Waals surface area contributed by atoms with Crippen LogP contribution in [0.5, 0.6) is 0 Å². The molecule has 0 aliphatic heterocycles. The Hall–Kier alpha value is -2.89. The van der Waals surface area contributed by atoms with E-state index in [9.17, 15) is 0 Å². The van der Waals surface area contributed by atoms with E-state index in [2.05, 4.69) is 182 Å². The summed E-state index contributed by atoms with van der Waals surface area (Å²) in [4.78, 5) is 0. The first-order valence-electron chi connectivity index (χ1n) is 21.4. The molecule has 4 aromatic rings. The SMILES string of the molecule is CC(C)(C)c1ccc(-c2[c-]c3c(cc2C(C)(C)C)-c2cc(C(C)(C)C)c(-c4ccc(C(C)(C)C)cc4)cc2C3)cc1.CCCC[C](=[Zr+2])CCCC.[C-]1=CC=CC1. The maximum Gasteiger partial charge on any atom is -0.109 e. The first kappa shape index (κ1) is 45.8. The number of rotatable bonds is 8. The Morgan fingerprint density at radius 2 is 1.09 bits per heavy atom. The minimum absolute atomic E-state index is 0.00785. The predicted molar refractivity (Wildman–Crippen MR) is 245 cm³/mol. The Morgan fingerprint density at radius 1 is 0.589 bits per heavy atom. The van der Waals surface area contributed by atoms with E-state index < -0.39 is 0 Å². The molecule has 0 saturated carbocycles. The summed E-state index contributed by atoms with van der Waals surface area (Å²) >= 11 is 1.67. The number of fused-ring (bicyclic) bond motifs is 3. The van der Waals surface area contributed by atoms with Gasteiger partial charge < -0.3 is 0 Å². The van der Waals surface area contributed by atoms with Gasteiger partial charge in [0, 0.05) is 0 Å². The van der Waals surface area contributed by atoms with Gasteiger partial charge >= 0.3 is 79.8 Å². The van der Waals surface area contributed by atoms with Crippen LogP contribution >= 0.6 is 0 Å². The third kappa shape index (κ3) is 12.3. The zero-order valence-corrected chi connectivity index (χ0v) is 40.2. The van der Waals surface area contributed by atoms with E-state index >= 15 is 0 Å². The number of hydrogen-bond acceptors (Lipinski definition) is 0. The smallest absolute Gasteiger partial charge is 0.109 e. The van der Waals surface area contributed by atoms with Crippen molar-refractivity contribution in [1.29, 1.82) is 0 Å². The van der Waals surface area contributed by atoms with Gasteiger partial charge in [0.2, 0.25) is 0 Å². The largest absolute Gasteiger partial charge is 0.273 e. The molecule has 2 aliphatic carbocycles. The molecule has 6 rings (SSSR count). The number of allylic oxidation sites excluding steroid dienone is 4. The molecule has 0 bridgehead atoms. The van der Waals surface area contributed by atoms with Crippen LogP contribution in [0, 0.1) is 12.1 Å². The molecule has 2 aliphatic rings. The second kappa shape index (κ2) is 19.2. The van der Waals surface area contributed by atoms with E-state index in [4.69, 9.17) is 0 Å². The normalized spacial score (nSPS) is 13.4. The quantitative estimate of drug-likeness (QED) is 0.137. The molecule has 56 heavy (non-hydrogen) atoms. The van der Waals surface area contributed by atoms with Gasteiger partial charge in [-0.05, 0) is 61.5 Å². The zero-order valence-electron chi connectivity index (χ0n) is 37.7. The number of benzene rings is 4. The van der Waals surface area contributed by atoms with Crippen molar-refractivity contribution in [1.82, 2.24) is 0 Å². The van der Waals surface area contributed by atoms with E-state index in [1.54, 1.807) is 27.4 Å². The molecule has 0 N–H and O–H groups in total. The fraction of sp³-hybridized carbons (Fsp3) is 0.473. The molecular formula is C55H72Zr. The van der Waals surface area contributed by atoms with Gasteiger partial charge in [0.1, 0.15) is 0 Å². The average molecular weight is 824 g/mol. The van der Waals surface area contributed by atoms with Gasteiger partial charge in [-0.15, -0.1) is 35.2 Å². The van der Waals surface area contributed by atoms with Crippen LogP contribution < -0.4 is 0 Å². The van der Waals surface area contributed by atoms with Crippen molar-refractivity contribution < 1.29 is 24.2 Å². The first-order chi connectivity index (χ1) is 26.1. The molecule has 0 spiro atoms. The topological polar surface area (TPSA) is 0 Å². The Morgan fingerprint density at radius 3 is 1.50 bits per heavy atom. The second-order valence-corrected chi connectivity index (χ2v) is 21.9. The number of unbranched alkanes of at least 4 members (excludes halogenated alkanes) is 2. The molecule has 296 valence electrons. The molecule has 0 heterocycles. The van der Waals surface area contributed by atoms with E-state index in [0.29, 0.717) is 0 Å². The summed E-state index contributed by atoms with van der Waals surface area (Å²) in [6.45, 7) is 32.2. The van der Waals surface area contributed by atoms with Crippen molar-refractivity contribution in [2.75, 3.05) is 0 Å². The maximum atomic E-state index is 3.96. The molecule has 0 aromatic heterocycles. The molecular weight excluding hydrogens is 752 g/mol. The van der Waals surface area contributed by atoms with E-state index in [1.807, 2.05) is 12.2 Å². The van der Waals surface area contributed by atoms with Gasteiger partial charge in [0.05, 0.1) is 0 Å². The van der Waals surface area contributed by atoms with Crippen molar-refractivity contribution >= 4 is 3.21 Å². The van der Waals surface area contributed by atoms with Crippen LogP contribution in [0.4, 0.5) is 0 Å². The zero-order chi connectivity index (χ0) is 41.5. The predicted octanol–water partition coefficient (Wildman–Crippen LogP) is 16.0. The van der Waals surface area contributed by atoms with Crippen molar-refractivity contribution in [3.63, 3.8) is 0 Å². The third-order valence-corrected chi connectivity index (χ3v) is 12.3. The van der Waals surface area contributed by atoms with E-state index in [1.165, 1.54) is 105 Å². The fourth-order valence-corrected chi connectivity index (χ4v) is 8.28. The van der Waals surface area contributed by atoms with Gasteiger partial charge in [0.25, 0.3) is 0 Å². The van der Waals surface area contributed by atoms with Gasteiger partial charge in [-0.1, -0.05) is 160 Å². The van der Waals surface area contributed by atoms with Crippen molar-refractivity contribution in [3.8, 4) is 33.4 Å². The van der Waals surface area contributed by atoms with Gasteiger partial charge in [-0.2, -0.15) is 6.08 Å². The summed E-state index contributed by atoms with van der Waals surface area (Å²) in [5.41, 5.74) is 16.5. The fourth-order valence-electron chi connectivity index (χ4n) is 7.41. The van der Waals surface area contributed by atoms with Crippen LogP contribution in [0.1, 0.15) is 175 Å². The van der Waals surface area contributed by atoms with Gasteiger partial charge in [-0.25, -0.2) is 12.2 Å². The van der Waals surface area contributed by atoms with Crippen LogP contribution in [0.3, 0.4) is 0 Å². The minimum atomic E-state index is 0.00785. The molecule has 0 radical (unpaired) electrons. The maximum absolute atomic E-state index is 3.96. The summed E-state index contributed by atoms with van der Waals surface area (Å²) in [5.74, 6) is 0. The van der Waals surface area contributed by atoms with Crippen molar-refractivity contribution in [2.45, 2.75) is 170 Å². The molecule has 0 nitrogen and oxygen atoms in total. The summed E-state index contributed by atoms with van der Waals surface area (Å²) in [6.07, 6.45) is 19.2. The minimum Gasteiger partial charge on any atom is -0.273 e. The molecule has 0 unspecified atom stereocenters. The monoisotopic (exact) mass is 822 g/mol. The molecule has 0 saturated heterocycles. The van der Waals surface area contributed by atoms with Crippen LogP contribution in [0.25, 0.3) is 33.4 Å².